The van der Waals surface area contributed by atoms with Gasteiger partial charge in [-0.25, -0.2) is 0 Å². The van der Waals surface area contributed by atoms with Crippen LogP contribution < -0.4 is 4.89 Å². The number of esters is 1. The Morgan fingerprint density at radius 2 is 0.902 bits per heavy atom. The molecule has 2 atom stereocenters. The predicted molar refractivity (Wildman–Crippen MR) is 213 cm³/mol. The Morgan fingerprint density at radius 1 is 0.529 bits per heavy atom. The minimum absolute atomic E-state index is 0.0312. The first-order valence-electron chi connectivity index (χ1n) is 21.8. The Kier molecular flexibility index (Phi) is 36.1. The summed E-state index contributed by atoms with van der Waals surface area (Å²) in [5, 5.41) is 0. The molecule has 0 rings (SSSR count). The van der Waals surface area contributed by atoms with Gasteiger partial charge in [-0.15, -0.1) is 0 Å². The Labute approximate surface area is 317 Å². The molecule has 0 N–H and O–H groups in total. The fourth-order valence-corrected chi connectivity index (χ4v) is 6.98. The fourth-order valence-electron chi connectivity index (χ4n) is 6.25. The lowest BCUT2D eigenvalue weighted by molar-refractivity contribution is -0.870. The third kappa shape index (κ3) is 40.5. The van der Waals surface area contributed by atoms with E-state index < -0.39 is 13.9 Å². The summed E-state index contributed by atoms with van der Waals surface area (Å²) < 4.78 is 34.6. The van der Waals surface area contributed by atoms with Crippen molar-refractivity contribution in [3.05, 3.63) is 0 Å². The topological polar surface area (TPSA) is 94.1 Å². The number of phosphoric ester groups is 1. The summed E-state index contributed by atoms with van der Waals surface area (Å²) in [6.07, 6.45) is 36.7. The van der Waals surface area contributed by atoms with E-state index in [0.717, 1.165) is 32.1 Å². The Balaban J connectivity index is 4.17. The van der Waals surface area contributed by atoms with E-state index in [1.807, 2.05) is 21.1 Å². The molecule has 0 aromatic heterocycles. The molecular formula is C42H86NO7P. The van der Waals surface area contributed by atoms with Crippen molar-refractivity contribution in [2.24, 2.45) is 0 Å². The van der Waals surface area contributed by atoms with Crippen molar-refractivity contribution in [3.8, 4) is 0 Å². The van der Waals surface area contributed by atoms with Gasteiger partial charge in [-0.1, -0.05) is 187 Å². The van der Waals surface area contributed by atoms with Crippen LogP contribution in [0.1, 0.15) is 206 Å². The van der Waals surface area contributed by atoms with Gasteiger partial charge in [0.25, 0.3) is 7.82 Å². The van der Waals surface area contributed by atoms with Crippen LogP contribution in [-0.4, -0.2) is 70.7 Å². The zero-order valence-corrected chi connectivity index (χ0v) is 35.5. The number of rotatable bonds is 41. The second kappa shape index (κ2) is 36.5. The highest BCUT2D eigenvalue weighted by Gasteiger charge is 2.20. The molecule has 2 unspecified atom stereocenters. The third-order valence-electron chi connectivity index (χ3n) is 9.66. The van der Waals surface area contributed by atoms with E-state index in [2.05, 4.69) is 13.8 Å². The van der Waals surface area contributed by atoms with Gasteiger partial charge < -0.3 is 27.9 Å². The Bertz CT molecular complexity index is 792. The van der Waals surface area contributed by atoms with Crippen LogP contribution in [0.2, 0.25) is 0 Å². The smallest absolute Gasteiger partial charge is 0.306 e. The van der Waals surface area contributed by atoms with Crippen LogP contribution in [0.25, 0.3) is 0 Å². The molecule has 306 valence electrons. The molecule has 0 aliphatic rings. The summed E-state index contributed by atoms with van der Waals surface area (Å²) in [5.74, 6) is -0.329. The van der Waals surface area contributed by atoms with E-state index >= 15 is 0 Å². The van der Waals surface area contributed by atoms with Crippen molar-refractivity contribution >= 4 is 13.8 Å². The lowest BCUT2D eigenvalue weighted by Gasteiger charge is -2.28. The number of carbonyl (C=O) groups excluding carboxylic acids is 1. The SMILES string of the molecule is CCCCCCCCCCCCCCCCCCCC(=O)OC(COCCCCCCCCCCCCCC)COP(=O)([O-])OCC[N+](C)(C)C. The van der Waals surface area contributed by atoms with Gasteiger partial charge in [0.1, 0.15) is 19.3 Å². The maximum Gasteiger partial charge on any atom is 0.306 e. The monoisotopic (exact) mass is 748 g/mol. The number of hydrogen-bond acceptors (Lipinski definition) is 7. The third-order valence-corrected chi connectivity index (χ3v) is 10.6. The van der Waals surface area contributed by atoms with Gasteiger partial charge in [-0.2, -0.15) is 0 Å². The quantitative estimate of drug-likeness (QED) is 0.0266. The average Bonchev–Trinajstić information content (AvgIpc) is 3.08. The molecule has 9 heteroatoms. The second-order valence-electron chi connectivity index (χ2n) is 16.1. The Hall–Kier alpha value is -0.500. The molecule has 0 spiro atoms. The highest BCUT2D eigenvalue weighted by atomic mass is 31.2. The van der Waals surface area contributed by atoms with Crippen molar-refractivity contribution < 1.29 is 37.3 Å². The summed E-state index contributed by atoms with van der Waals surface area (Å²) >= 11 is 0. The number of phosphoric acid groups is 1. The standard InChI is InChI=1S/C42H86NO7P/c1-6-8-10-12-14-16-18-20-21-22-23-24-25-27-29-31-33-35-42(44)50-41(40-49-51(45,46)48-38-36-43(3,4)5)39-47-37-34-32-30-28-26-19-17-15-13-11-9-7-2/h41H,6-40H2,1-5H3. The van der Waals surface area contributed by atoms with Crippen LogP contribution >= 0.6 is 7.82 Å². The van der Waals surface area contributed by atoms with Gasteiger partial charge in [0, 0.05) is 13.0 Å². The van der Waals surface area contributed by atoms with Crippen molar-refractivity contribution in [2.75, 3.05) is 54.1 Å². The van der Waals surface area contributed by atoms with Crippen molar-refractivity contribution in [1.29, 1.82) is 0 Å². The van der Waals surface area contributed by atoms with Gasteiger partial charge >= 0.3 is 5.97 Å². The predicted octanol–water partition coefficient (Wildman–Crippen LogP) is 11.9. The van der Waals surface area contributed by atoms with E-state index in [0.29, 0.717) is 24.1 Å². The molecule has 0 fully saturated rings. The molecular weight excluding hydrogens is 661 g/mol. The molecule has 51 heavy (non-hydrogen) atoms. The molecule has 0 amide bonds. The molecule has 0 saturated heterocycles. The molecule has 0 aromatic rings. The van der Waals surface area contributed by atoms with E-state index in [9.17, 15) is 14.3 Å². The zero-order chi connectivity index (χ0) is 37.7. The summed E-state index contributed by atoms with van der Waals surface area (Å²) in [7, 11) is 1.37. The molecule has 0 radical (unpaired) electrons. The number of quaternary nitrogens is 1. The summed E-state index contributed by atoms with van der Waals surface area (Å²) in [6.45, 7) is 5.46. The minimum Gasteiger partial charge on any atom is -0.756 e. The Morgan fingerprint density at radius 3 is 1.29 bits per heavy atom. The maximum atomic E-state index is 12.7. The van der Waals surface area contributed by atoms with E-state index in [1.165, 1.54) is 154 Å². The highest BCUT2D eigenvalue weighted by molar-refractivity contribution is 7.45. The number of likely N-dealkylation sites (N-methyl/N-ethyl adjacent to an activating group) is 1. The molecule has 8 nitrogen and oxygen atoms in total. The van der Waals surface area contributed by atoms with Gasteiger partial charge in [-0.3, -0.25) is 9.36 Å². The van der Waals surface area contributed by atoms with E-state index in [1.54, 1.807) is 0 Å². The van der Waals surface area contributed by atoms with Gasteiger partial charge in [0.15, 0.2) is 0 Å². The zero-order valence-electron chi connectivity index (χ0n) is 34.6. The lowest BCUT2D eigenvalue weighted by Crippen LogP contribution is -2.37. The van der Waals surface area contributed by atoms with Crippen LogP contribution in [0.15, 0.2) is 0 Å². The van der Waals surface area contributed by atoms with Crippen LogP contribution in [0.3, 0.4) is 0 Å². The van der Waals surface area contributed by atoms with Crippen LogP contribution in [0.4, 0.5) is 0 Å². The van der Waals surface area contributed by atoms with Crippen molar-refractivity contribution in [1.82, 2.24) is 0 Å². The summed E-state index contributed by atoms with van der Waals surface area (Å²) in [4.78, 5) is 25.0. The number of nitrogens with zero attached hydrogens (tertiary/aromatic N) is 1. The summed E-state index contributed by atoms with van der Waals surface area (Å²) in [6, 6.07) is 0. The second-order valence-corrected chi connectivity index (χ2v) is 17.5. The largest absolute Gasteiger partial charge is 0.756 e. The van der Waals surface area contributed by atoms with Gasteiger partial charge in [0.2, 0.25) is 0 Å². The molecule has 0 aromatic carbocycles. The average molecular weight is 748 g/mol. The molecule has 0 aliphatic heterocycles. The van der Waals surface area contributed by atoms with Crippen molar-refractivity contribution in [3.63, 3.8) is 0 Å². The molecule has 0 aliphatic carbocycles. The number of ether oxygens (including phenoxy) is 2. The summed E-state index contributed by atoms with van der Waals surface area (Å²) in [5.41, 5.74) is 0. The van der Waals surface area contributed by atoms with Crippen molar-refractivity contribution in [2.45, 2.75) is 213 Å². The lowest BCUT2D eigenvalue weighted by atomic mass is 10.0. The first kappa shape index (κ1) is 50.5. The first-order chi connectivity index (χ1) is 24.6. The van der Waals surface area contributed by atoms with Gasteiger partial charge in [-0.05, 0) is 12.8 Å². The van der Waals surface area contributed by atoms with Gasteiger partial charge in [0.05, 0.1) is 34.4 Å². The first-order valence-corrected chi connectivity index (χ1v) is 23.2. The normalized spacial score (nSPS) is 13.8. The maximum absolute atomic E-state index is 12.7. The molecule has 0 saturated carbocycles. The fraction of sp³-hybridized carbons (Fsp3) is 0.976. The number of carbonyl (C=O) groups is 1. The van der Waals surface area contributed by atoms with Crippen LogP contribution in [0, 0.1) is 0 Å². The number of hydrogen-bond donors (Lipinski definition) is 0. The van der Waals surface area contributed by atoms with Crippen LogP contribution in [-0.2, 0) is 27.9 Å². The highest BCUT2D eigenvalue weighted by Crippen LogP contribution is 2.38. The van der Waals surface area contributed by atoms with E-state index in [4.69, 9.17) is 18.5 Å². The minimum atomic E-state index is -4.51. The van der Waals surface area contributed by atoms with E-state index in [-0.39, 0.29) is 25.8 Å². The number of unbranched alkanes of at least 4 members (excludes halogenated alkanes) is 27. The van der Waals surface area contributed by atoms with Crippen LogP contribution in [0.5, 0.6) is 0 Å². The molecule has 0 heterocycles. The molecule has 0 bridgehead atoms.